The van der Waals surface area contributed by atoms with Gasteiger partial charge in [0.25, 0.3) is 0 Å². The number of nitrogens with zero attached hydrogens (tertiary/aromatic N) is 3. The Balaban J connectivity index is 1.77. The van der Waals surface area contributed by atoms with Crippen molar-refractivity contribution in [3.8, 4) is 0 Å². The van der Waals surface area contributed by atoms with Crippen LogP contribution in [0.2, 0.25) is 0 Å². The number of benzene rings is 2. The number of rotatable bonds is 23. The summed E-state index contributed by atoms with van der Waals surface area (Å²) in [6, 6.07) is 18.5. The SMILES string of the molecule is O=C(O)CN(CCN(CC(=O)O)C[C@H](COP(=O)(O)OC1CCC(c2ccccc2)(c2ccccc2)CC1)N(CC(=O)O)CC(=O)O)CC(=O)O. The van der Waals surface area contributed by atoms with Gasteiger partial charge in [-0.3, -0.25) is 47.7 Å². The van der Waals surface area contributed by atoms with E-state index in [0.717, 1.165) is 20.9 Å². The summed E-state index contributed by atoms with van der Waals surface area (Å²) in [6.45, 7) is -5.40. The third-order valence-corrected chi connectivity index (χ3v) is 9.66. The standard InChI is InChI=1S/C33H44N3O14P/c37-28(38)18-34(15-16-35(19-29(39)40)20-30(41)42)17-26(36(21-31(43)44)22-32(45)46)23-49-51(47,48)50-27-11-13-33(14-12-27,24-7-3-1-4-8-24)25-9-5-2-6-10-25/h1-10,26-27H,11-23H2,(H,37,38)(H,39,40)(H,41,42)(H,43,44)(H,45,46)(H,47,48)/t26-/m1/s1. The molecule has 17 nitrogen and oxygen atoms in total. The quantitative estimate of drug-likeness (QED) is 0.0889. The van der Waals surface area contributed by atoms with Gasteiger partial charge in [0, 0.05) is 31.1 Å². The van der Waals surface area contributed by atoms with E-state index in [1.807, 2.05) is 60.7 Å². The van der Waals surface area contributed by atoms with Crippen LogP contribution in [-0.4, -0.2) is 146 Å². The molecule has 3 rings (SSSR count). The molecule has 2 aromatic carbocycles. The molecule has 1 aliphatic rings. The van der Waals surface area contributed by atoms with E-state index in [0.29, 0.717) is 25.7 Å². The van der Waals surface area contributed by atoms with Crippen molar-refractivity contribution in [2.24, 2.45) is 0 Å². The number of phosphoric ester groups is 1. The van der Waals surface area contributed by atoms with E-state index in [1.54, 1.807) is 0 Å². The van der Waals surface area contributed by atoms with E-state index in [2.05, 4.69) is 0 Å². The van der Waals surface area contributed by atoms with E-state index in [4.69, 9.17) is 19.3 Å². The normalized spacial score (nSPS) is 16.5. The fraction of sp³-hybridized carbons (Fsp3) is 0.485. The molecule has 0 aliphatic heterocycles. The lowest BCUT2D eigenvalue weighted by atomic mass is 9.65. The van der Waals surface area contributed by atoms with Crippen molar-refractivity contribution in [2.45, 2.75) is 43.2 Å². The molecular weight excluding hydrogens is 693 g/mol. The second-order valence-electron chi connectivity index (χ2n) is 12.4. The lowest BCUT2D eigenvalue weighted by molar-refractivity contribution is -0.145. The van der Waals surface area contributed by atoms with Crippen molar-refractivity contribution in [1.82, 2.24) is 14.7 Å². The number of carboxylic acids is 5. The molecule has 18 heteroatoms. The highest BCUT2D eigenvalue weighted by Crippen LogP contribution is 2.51. The van der Waals surface area contributed by atoms with Gasteiger partial charge in [0.2, 0.25) is 0 Å². The minimum atomic E-state index is -4.84. The van der Waals surface area contributed by atoms with Gasteiger partial charge in [0.05, 0.1) is 45.4 Å². The Morgan fingerprint density at radius 3 is 1.53 bits per heavy atom. The topological polar surface area (TPSA) is 252 Å². The Morgan fingerprint density at radius 1 is 0.686 bits per heavy atom. The van der Waals surface area contributed by atoms with E-state index < -0.39 is 95.7 Å². The third kappa shape index (κ3) is 13.8. The van der Waals surface area contributed by atoms with Gasteiger partial charge in [-0.25, -0.2) is 4.57 Å². The molecule has 0 spiro atoms. The van der Waals surface area contributed by atoms with Crippen molar-refractivity contribution in [3.05, 3.63) is 71.8 Å². The Morgan fingerprint density at radius 2 is 1.10 bits per heavy atom. The maximum Gasteiger partial charge on any atom is 0.472 e. The van der Waals surface area contributed by atoms with Crippen LogP contribution in [0.4, 0.5) is 0 Å². The maximum atomic E-state index is 13.3. The zero-order valence-corrected chi connectivity index (χ0v) is 28.8. The maximum absolute atomic E-state index is 13.3. The molecule has 280 valence electrons. The van der Waals surface area contributed by atoms with Crippen LogP contribution < -0.4 is 0 Å². The predicted octanol–water partition coefficient (Wildman–Crippen LogP) is 1.75. The summed E-state index contributed by atoms with van der Waals surface area (Å²) < 4.78 is 24.2. The van der Waals surface area contributed by atoms with E-state index >= 15 is 0 Å². The van der Waals surface area contributed by atoms with Gasteiger partial charge < -0.3 is 30.4 Å². The summed E-state index contributed by atoms with van der Waals surface area (Å²) in [5.74, 6) is -6.89. The van der Waals surface area contributed by atoms with Gasteiger partial charge in [-0.2, -0.15) is 0 Å². The zero-order valence-electron chi connectivity index (χ0n) is 27.9. The second kappa shape index (κ2) is 19.4. The molecule has 6 N–H and O–H groups in total. The number of aliphatic carboxylic acids is 5. The van der Waals surface area contributed by atoms with Gasteiger partial charge in [-0.15, -0.1) is 0 Å². The van der Waals surface area contributed by atoms with Crippen molar-refractivity contribution < 1.29 is 68.0 Å². The highest BCUT2D eigenvalue weighted by molar-refractivity contribution is 7.47. The van der Waals surface area contributed by atoms with Crippen LogP contribution >= 0.6 is 7.82 Å². The van der Waals surface area contributed by atoms with Crippen LogP contribution in [0, 0.1) is 0 Å². The number of hydrogen-bond acceptors (Lipinski definition) is 11. The molecule has 1 aliphatic carbocycles. The molecule has 1 saturated carbocycles. The molecule has 0 heterocycles. The van der Waals surface area contributed by atoms with Crippen LogP contribution in [0.3, 0.4) is 0 Å². The Labute approximate surface area is 294 Å². The number of hydrogen-bond donors (Lipinski definition) is 6. The number of carboxylic acid groups (broad SMARTS) is 5. The lowest BCUT2D eigenvalue weighted by Crippen LogP contribution is -2.52. The average molecular weight is 738 g/mol. The monoisotopic (exact) mass is 737 g/mol. The fourth-order valence-corrected chi connectivity index (χ4v) is 7.39. The number of carbonyl (C=O) groups is 5. The first-order valence-electron chi connectivity index (χ1n) is 16.1. The van der Waals surface area contributed by atoms with E-state index in [1.165, 1.54) is 4.90 Å². The summed E-state index contributed by atoms with van der Waals surface area (Å²) in [6.07, 6.45) is 1.27. The Bertz CT molecular complexity index is 1450. The van der Waals surface area contributed by atoms with Gasteiger partial charge in [-0.05, 0) is 36.8 Å². The van der Waals surface area contributed by atoms with Crippen LogP contribution in [-0.2, 0) is 43.0 Å². The van der Waals surface area contributed by atoms with Crippen molar-refractivity contribution in [2.75, 3.05) is 59.0 Å². The van der Waals surface area contributed by atoms with Crippen LogP contribution in [0.25, 0.3) is 0 Å². The lowest BCUT2D eigenvalue weighted by Gasteiger charge is -2.41. The molecule has 2 atom stereocenters. The number of phosphoric acid groups is 1. The second-order valence-corrected chi connectivity index (χ2v) is 13.8. The van der Waals surface area contributed by atoms with Crippen molar-refractivity contribution in [1.29, 1.82) is 0 Å². The van der Waals surface area contributed by atoms with E-state index in [9.17, 15) is 48.8 Å². The zero-order chi connectivity index (χ0) is 37.6. The fourth-order valence-electron chi connectivity index (χ4n) is 6.39. The highest BCUT2D eigenvalue weighted by Gasteiger charge is 2.41. The third-order valence-electron chi connectivity index (χ3n) is 8.62. The first-order valence-corrected chi connectivity index (χ1v) is 17.6. The van der Waals surface area contributed by atoms with Crippen LogP contribution in [0.15, 0.2) is 60.7 Å². The molecule has 0 bridgehead atoms. The van der Waals surface area contributed by atoms with E-state index in [-0.39, 0.29) is 18.5 Å². The molecule has 0 radical (unpaired) electrons. The Hall–Kier alpha value is -4.22. The van der Waals surface area contributed by atoms with Gasteiger partial charge >= 0.3 is 37.7 Å². The first kappa shape index (κ1) is 41.2. The summed E-state index contributed by atoms with van der Waals surface area (Å²) in [7, 11) is -4.84. The summed E-state index contributed by atoms with van der Waals surface area (Å²) >= 11 is 0. The smallest absolute Gasteiger partial charge is 0.472 e. The molecule has 51 heavy (non-hydrogen) atoms. The van der Waals surface area contributed by atoms with Gasteiger partial charge in [0.1, 0.15) is 0 Å². The minimum absolute atomic E-state index is 0.239. The largest absolute Gasteiger partial charge is 0.480 e. The van der Waals surface area contributed by atoms with Crippen LogP contribution in [0.1, 0.15) is 36.8 Å². The van der Waals surface area contributed by atoms with Crippen molar-refractivity contribution >= 4 is 37.7 Å². The molecule has 0 saturated heterocycles. The molecule has 1 fully saturated rings. The predicted molar refractivity (Wildman–Crippen MR) is 179 cm³/mol. The van der Waals surface area contributed by atoms with Gasteiger partial charge in [0.15, 0.2) is 0 Å². The molecule has 0 amide bonds. The molecule has 1 unspecified atom stereocenters. The van der Waals surface area contributed by atoms with Crippen molar-refractivity contribution in [3.63, 3.8) is 0 Å². The molecular formula is C33H44N3O14P. The summed E-state index contributed by atoms with van der Waals surface area (Å²) in [5.41, 5.74) is 1.83. The summed E-state index contributed by atoms with van der Waals surface area (Å²) in [4.78, 5) is 71.4. The Kier molecular flexibility index (Phi) is 15.7. The summed E-state index contributed by atoms with van der Waals surface area (Å²) in [5, 5.41) is 46.8. The first-order chi connectivity index (χ1) is 24.1. The minimum Gasteiger partial charge on any atom is -0.480 e. The average Bonchev–Trinajstić information content (AvgIpc) is 3.05. The highest BCUT2D eigenvalue weighted by atomic mass is 31.2. The van der Waals surface area contributed by atoms with Crippen LogP contribution in [0.5, 0.6) is 0 Å². The van der Waals surface area contributed by atoms with Gasteiger partial charge in [-0.1, -0.05) is 60.7 Å². The molecule has 2 aromatic rings. The molecule has 0 aromatic heterocycles.